The third-order valence-electron chi connectivity index (χ3n) is 2.29. The first-order chi connectivity index (χ1) is 5.69. The first-order valence-electron chi connectivity index (χ1n) is 4.34. The lowest BCUT2D eigenvalue weighted by molar-refractivity contribution is 1.08. The predicted octanol–water partition coefficient (Wildman–Crippen LogP) is 3.80. The molecule has 0 spiro atoms. The van der Waals surface area contributed by atoms with Crippen LogP contribution in [0, 0.1) is 13.8 Å². The third-order valence-corrected chi connectivity index (χ3v) is 3.11. The fraction of sp³-hybridized carbons (Fsp3) is 0.455. The van der Waals surface area contributed by atoms with Gasteiger partial charge in [-0.25, -0.2) is 0 Å². The maximum absolute atomic E-state index is 2.43. The zero-order chi connectivity index (χ0) is 9.14. The van der Waals surface area contributed by atoms with E-state index in [-0.39, 0.29) is 0 Å². The number of halogens is 1. The van der Waals surface area contributed by atoms with Crippen LogP contribution < -0.4 is 0 Å². The third kappa shape index (κ3) is 2.00. The second-order valence-electron chi connectivity index (χ2n) is 3.20. The molecule has 1 aromatic carbocycles. The van der Waals surface area contributed by atoms with Crippen LogP contribution in [0.25, 0.3) is 0 Å². The summed E-state index contributed by atoms with van der Waals surface area (Å²) in [4.78, 5) is 0. The van der Waals surface area contributed by atoms with E-state index in [4.69, 9.17) is 0 Å². The van der Waals surface area contributed by atoms with Crippen LogP contribution in [0.4, 0.5) is 0 Å². The lowest BCUT2D eigenvalue weighted by atomic mass is 9.99. The Labute approximate surface area is 88.5 Å². The van der Waals surface area contributed by atoms with Gasteiger partial charge in [-0.2, -0.15) is 0 Å². The van der Waals surface area contributed by atoms with E-state index in [0.717, 1.165) is 10.8 Å². The fourth-order valence-electron chi connectivity index (χ4n) is 1.52. The molecule has 12 heavy (non-hydrogen) atoms. The van der Waals surface area contributed by atoms with Gasteiger partial charge in [0, 0.05) is 4.43 Å². The van der Waals surface area contributed by atoms with E-state index in [1.54, 1.807) is 0 Å². The van der Waals surface area contributed by atoms with Gasteiger partial charge in [-0.05, 0) is 37.0 Å². The van der Waals surface area contributed by atoms with E-state index >= 15 is 0 Å². The highest BCUT2D eigenvalue weighted by Gasteiger charge is 2.02. The molecule has 0 aliphatic carbocycles. The summed E-state index contributed by atoms with van der Waals surface area (Å²) in [5.74, 6) is 0. The summed E-state index contributed by atoms with van der Waals surface area (Å²) in [6.45, 7) is 6.62. The van der Waals surface area contributed by atoms with Gasteiger partial charge in [-0.3, -0.25) is 0 Å². The molecule has 0 saturated heterocycles. The van der Waals surface area contributed by atoms with Crippen LogP contribution in [0.15, 0.2) is 12.1 Å². The summed E-state index contributed by atoms with van der Waals surface area (Å²) in [5.41, 5.74) is 5.87. The monoisotopic (exact) mass is 274 g/mol. The van der Waals surface area contributed by atoms with Crippen LogP contribution in [0.1, 0.15) is 29.2 Å². The first kappa shape index (κ1) is 10.0. The van der Waals surface area contributed by atoms with Gasteiger partial charge in [0.15, 0.2) is 0 Å². The van der Waals surface area contributed by atoms with Crippen molar-refractivity contribution in [2.24, 2.45) is 0 Å². The number of aryl methyl sites for hydroxylation is 2. The van der Waals surface area contributed by atoms with Crippen molar-refractivity contribution >= 4 is 22.6 Å². The zero-order valence-electron chi connectivity index (χ0n) is 7.95. The van der Waals surface area contributed by atoms with Crippen LogP contribution in [0.3, 0.4) is 0 Å². The fourth-order valence-corrected chi connectivity index (χ4v) is 2.31. The molecule has 0 radical (unpaired) electrons. The number of alkyl halides is 1. The molecule has 0 heterocycles. The largest absolute Gasteiger partial charge is 0.0812 e. The molecular weight excluding hydrogens is 259 g/mol. The molecule has 1 heteroatoms. The van der Waals surface area contributed by atoms with Gasteiger partial charge in [0.2, 0.25) is 0 Å². The second kappa shape index (κ2) is 4.26. The van der Waals surface area contributed by atoms with Gasteiger partial charge in [-0.1, -0.05) is 47.2 Å². The Morgan fingerprint density at radius 1 is 1.17 bits per heavy atom. The highest BCUT2D eigenvalue weighted by molar-refractivity contribution is 14.1. The Morgan fingerprint density at radius 2 is 1.75 bits per heavy atom. The summed E-state index contributed by atoms with van der Waals surface area (Å²) in [6.07, 6.45) is 1.15. The molecule has 0 aliphatic rings. The molecule has 0 N–H and O–H groups in total. The molecule has 0 aliphatic heterocycles. The second-order valence-corrected chi connectivity index (χ2v) is 3.96. The number of hydrogen-bond donors (Lipinski definition) is 0. The van der Waals surface area contributed by atoms with Crippen molar-refractivity contribution in [3.63, 3.8) is 0 Å². The van der Waals surface area contributed by atoms with Crippen molar-refractivity contribution in [1.29, 1.82) is 0 Å². The molecular formula is C11H15I. The smallest absolute Gasteiger partial charge is 0.0249 e. The van der Waals surface area contributed by atoms with Crippen molar-refractivity contribution in [2.45, 2.75) is 31.6 Å². The average Bonchev–Trinajstić information content (AvgIpc) is 2.08. The van der Waals surface area contributed by atoms with Gasteiger partial charge in [0.25, 0.3) is 0 Å². The lowest BCUT2D eigenvalue weighted by Gasteiger charge is -2.09. The lowest BCUT2D eigenvalue weighted by Crippen LogP contribution is -1.93. The highest BCUT2D eigenvalue weighted by atomic mass is 127. The molecule has 0 fully saturated rings. The Balaban J connectivity index is 3.22. The summed E-state index contributed by atoms with van der Waals surface area (Å²) < 4.78 is 1.12. The van der Waals surface area contributed by atoms with Gasteiger partial charge >= 0.3 is 0 Å². The molecule has 0 amide bonds. The van der Waals surface area contributed by atoms with E-state index < -0.39 is 0 Å². The Bertz CT molecular complexity index is 251. The first-order valence-corrected chi connectivity index (χ1v) is 5.86. The summed E-state index contributed by atoms with van der Waals surface area (Å²) in [7, 11) is 0. The Morgan fingerprint density at radius 3 is 2.25 bits per heavy atom. The van der Waals surface area contributed by atoms with Gasteiger partial charge < -0.3 is 0 Å². The summed E-state index contributed by atoms with van der Waals surface area (Å²) >= 11 is 2.43. The summed E-state index contributed by atoms with van der Waals surface area (Å²) in [6, 6.07) is 4.59. The van der Waals surface area contributed by atoms with E-state index in [1.165, 1.54) is 22.3 Å². The molecule has 1 rings (SSSR count). The molecule has 0 atom stereocenters. The SMILES string of the molecule is CCc1cc(C)cc(CI)c1C. The van der Waals surface area contributed by atoms with Crippen LogP contribution in [0.5, 0.6) is 0 Å². The van der Waals surface area contributed by atoms with Crippen molar-refractivity contribution < 1.29 is 0 Å². The van der Waals surface area contributed by atoms with E-state index in [0.29, 0.717) is 0 Å². The normalized spacial score (nSPS) is 10.3. The highest BCUT2D eigenvalue weighted by Crippen LogP contribution is 2.19. The van der Waals surface area contributed by atoms with Crippen LogP contribution in [-0.4, -0.2) is 0 Å². The average molecular weight is 274 g/mol. The topological polar surface area (TPSA) is 0 Å². The van der Waals surface area contributed by atoms with Crippen molar-refractivity contribution in [1.82, 2.24) is 0 Å². The van der Waals surface area contributed by atoms with Gasteiger partial charge in [0.05, 0.1) is 0 Å². The van der Waals surface area contributed by atoms with Gasteiger partial charge in [0.1, 0.15) is 0 Å². The molecule has 0 aromatic heterocycles. The van der Waals surface area contributed by atoms with Crippen molar-refractivity contribution in [3.05, 3.63) is 34.4 Å². The van der Waals surface area contributed by atoms with Crippen LogP contribution >= 0.6 is 22.6 Å². The minimum absolute atomic E-state index is 1.12. The zero-order valence-corrected chi connectivity index (χ0v) is 10.1. The number of benzene rings is 1. The predicted molar refractivity (Wildman–Crippen MR) is 63.0 cm³/mol. The quantitative estimate of drug-likeness (QED) is 0.568. The standard InChI is InChI=1S/C11H15I/c1-4-10-5-8(2)6-11(7-12)9(10)3/h5-6H,4,7H2,1-3H3. The molecule has 0 unspecified atom stereocenters. The maximum atomic E-state index is 2.43. The molecule has 0 nitrogen and oxygen atoms in total. The van der Waals surface area contributed by atoms with Crippen LogP contribution in [0.2, 0.25) is 0 Å². The Kier molecular flexibility index (Phi) is 3.56. The van der Waals surface area contributed by atoms with E-state index in [2.05, 4.69) is 55.5 Å². The summed E-state index contributed by atoms with van der Waals surface area (Å²) in [5, 5.41) is 0. The Hall–Kier alpha value is -0.0500. The minimum Gasteiger partial charge on any atom is -0.0812 e. The van der Waals surface area contributed by atoms with Crippen LogP contribution in [-0.2, 0) is 10.8 Å². The van der Waals surface area contributed by atoms with Gasteiger partial charge in [-0.15, -0.1) is 0 Å². The number of hydrogen-bond acceptors (Lipinski definition) is 0. The van der Waals surface area contributed by atoms with Crippen molar-refractivity contribution in [2.75, 3.05) is 0 Å². The molecule has 0 saturated carbocycles. The maximum Gasteiger partial charge on any atom is 0.0249 e. The number of rotatable bonds is 2. The molecule has 0 bridgehead atoms. The van der Waals surface area contributed by atoms with Crippen molar-refractivity contribution in [3.8, 4) is 0 Å². The van der Waals surface area contributed by atoms with E-state index in [9.17, 15) is 0 Å². The molecule has 1 aromatic rings. The van der Waals surface area contributed by atoms with E-state index in [1.807, 2.05) is 0 Å². The minimum atomic E-state index is 1.12. The molecule has 66 valence electrons.